The first-order chi connectivity index (χ1) is 9.83. The van der Waals surface area contributed by atoms with Crippen LogP contribution in [0.5, 0.6) is 0 Å². The van der Waals surface area contributed by atoms with E-state index in [1.807, 2.05) is 13.8 Å². The molecule has 1 rings (SSSR count). The summed E-state index contributed by atoms with van der Waals surface area (Å²) in [6.45, 7) is 6.05. The molecule has 1 unspecified atom stereocenters. The van der Waals surface area contributed by atoms with Crippen LogP contribution in [0.4, 0.5) is 5.82 Å². The van der Waals surface area contributed by atoms with E-state index >= 15 is 0 Å². The van der Waals surface area contributed by atoms with E-state index in [2.05, 4.69) is 10.5 Å². The van der Waals surface area contributed by atoms with E-state index < -0.39 is 0 Å². The molecule has 7 nitrogen and oxygen atoms in total. The molecular formula is C14H24N4O3. The van der Waals surface area contributed by atoms with Gasteiger partial charge in [-0.15, -0.1) is 0 Å². The predicted octanol–water partition coefficient (Wildman–Crippen LogP) is 1.00. The van der Waals surface area contributed by atoms with Gasteiger partial charge in [-0.1, -0.05) is 19.0 Å². The zero-order valence-corrected chi connectivity index (χ0v) is 13.0. The number of likely N-dealkylation sites (N-methyl/N-ethyl adjacent to an activating group) is 1. The predicted molar refractivity (Wildman–Crippen MR) is 79.5 cm³/mol. The third-order valence-corrected chi connectivity index (χ3v) is 3.04. The Bertz CT molecular complexity index is 484. The van der Waals surface area contributed by atoms with Gasteiger partial charge in [-0.3, -0.25) is 9.59 Å². The second-order valence-electron chi connectivity index (χ2n) is 5.63. The number of amides is 2. The van der Waals surface area contributed by atoms with Crippen LogP contribution in [0, 0.1) is 18.8 Å². The molecule has 0 saturated carbocycles. The second kappa shape index (κ2) is 7.78. The second-order valence-corrected chi connectivity index (χ2v) is 5.63. The molecular weight excluding hydrogens is 272 g/mol. The first kappa shape index (κ1) is 17.2. The van der Waals surface area contributed by atoms with Crippen molar-refractivity contribution in [2.24, 2.45) is 17.6 Å². The Morgan fingerprint density at radius 2 is 2.14 bits per heavy atom. The number of nitrogens with two attached hydrogens (primary N) is 1. The van der Waals surface area contributed by atoms with Crippen LogP contribution in [0.25, 0.3) is 0 Å². The molecule has 0 radical (unpaired) electrons. The summed E-state index contributed by atoms with van der Waals surface area (Å²) in [5.41, 5.74) is 5.65. The molecule has 3 N–H and O–H groups in total. The van der Waals surface area contributed by atoms with E-state index in [0.717, 1.165) is 0 Å². The summed E-state index contributed by atoms with van der Waals surface area (Å²) in [7, 11) is 1.60. The average Bonchev–Trinajstić information content (AvgIpc) is 2.79. The smallest absolute Gasteiger partial charge is 0.245 e. The summed E-state index contributed by atoms with van der Waals surface area (Å²) in [6, 6.07) is 1.61. The van der Waals surface area contributed by atoms with Gasteiger partial charge in [0.15, 0.2) is 5.82 Å². The van der Waals surface area contributed by atoms with Crippen LogP contribution in [0.2, 0.25) is 0 Å². The molecule has 0 aliphatic heterocycles. The van der Waals surface area contributed by atoms with Crippen LogP contribution in [0.1, 0.15) is 26.0 Å². The van der Waals surface area contributed by atoms with Crippen molar-refractivity contribution >= 4 is 17.6 Å². The molecule has 0 saturated heterocycles. The SMILES string of the molecule is Cc1cc(NC(=O)CN(C)C(=O)C(CN)CC(C)C)no1. The highest BCUT2D eigenvalue weighted by Crippen LogP contribution is 2.13. The molecule has 0 bridgehead atoms. The van der Waals surface area contributed by atoms with Crippen molar-refractivity contribution in [3.05, 3.63) is 11.8 Å². The highest BCUT2D eigenvalue weighted by Gasteiger charge is 2.23. The third-order valence-electron chi connectivity index (χ3n) is 3.04. The number of nitrogens with zero attached hydrogens (tertiary/aromatic N) is 2. The van der Waals surface area contributed by atoms with E-state index in [-0.39, 0.29) is 30.8 Å². The van der Waals surface area contributed by atoms with Crippen molar-refractivity contribution < 1.29 is 14.1 Å². The summed E-state index contributed by atoms with van der Waals surface area (Å²) in [5.74, 6) is 0.642. The number of carbonyl (C=O) groups is 2. The van der Waals surface area contributed by atoms with E-state index in [1.54, 1.807) is 20.0 Å². The number of hydrogen-bond acceptors (Lipinski definition) is 5. The average molecular weight is 296 g/mol. The molecule has 0 aliphatic carbocycles. The van der Waals surface area contributed by atoms with Gasteiger partial charge in [0.1, 0.15) is 5.76 Å². The minimum Gasteiger partial charge on any atom is -0.360 e. The quantitative estimate of drug-likeness (QED) is 0.781. The fourth-order valence-electron chi connectivity index (χ4n) is 2.08. The molecule has 0 aliphatic rings. The van der Waals surface area contributed by atoms with Gasteiger partial charge in [-0.25, -0.2) is 0 Å². The minimum absolute atomic E-state index is 0.0423. The number of nitrogens with one attached hydrogen (secondary N) is 1. The molecule has 0 fully saturated rings. The van der Waals surface area contributed by atoms with Gasteiger partial charge in [0.25, 0.3) is 0 Å². The summed E-state index contributed by atoms with van der Waals surface area (Å²) in [6.07, 6.45) is 0.712. The Labute approximate surface area is 124 Å². The van der Waals surface area contributed by atoms with Crippen LogP contribution in [-0.2, 0) is 9.59 Å². The summed E-state index contributed by atoms with van der Waals surface area (Å²) >= 11 is 0. The number of carbonyl (C=O) groups excluding carboxylic acids is 2. The lowest BCUT2D eigenvalue weighted by molar-refractivity contribution is -0.137. The van der Waals surface area contributed by atoms with E-state index in [0.29, 0.717) is 23.9 Å². The Kier molecular flexibility index (Phi) is 6.36. The molecule has 2 amide bonds. The third kappa shape index (κ3) is 5.55. The molecule has 1 heterocycles. The molecule has 118 valence electrons. The van der Waals surface area contributed by atoms with E-state index in [1.165, 1.54) is 4.90 Å². The van der Waals surface area contributed by atoms with Crippen LogP contribution in [-0.4, -0.2) is 42.0 Å². The van der Waals surface area contributed by atoms with Crippen molar-refractivity contribution in [3.63, 3.8) is 0 Å². The fourth-order valence-corrected chi connectivity index (χ4v) is 2.08. The maximum Gasteiger partial charge on any atom is 0.245 e. The van der Waals surface area contributed by atoms with Gasteiger partial charge in [0, 0.05) is 19.7 Å². The van der Waals surface area contributed by atoms with E-state index in [4.69, 9.17) is 10.3 Å². The highest BCUT2D eigenvalue weighted by atomic mass is 16.5. The molecule has 1 atom stereocenters. The monoisotopic (exact) mass is 296 g/mol. The molecule has 21 heavy (non-hydrogen) atoms. The van der Waals surface area contributed by atoms with Crippen molar-refractivity contribution in [1.29, 1.82) is 0 Å². The molecule has 7 heteroatoms. The molecule has 1 aromatic heterocycles. The number of hydrogen-bond donors (Lipinski definition) is 2. The van der Waals surface area contributed by atoms with Gasteiger partial charge >= 0.3 is 0 Å². The summed E-state index contributed by atoms with van der Waals surface area (Å²) in [4.78, 5) is 25.5. The van der Waals surface area contributed by atoms with Crippen molar-refractivity contribution in [2.45, 2.75) is 27.2 Å². The lowest BCUT2D eigenvalue weighted by atomic mass is 9.96. The van der Waals surface area contributed by atoms with Gasteiger partial charge in [0.2, 0.25) is 11.8 Å². The maximum absolute atomic E-state index is 12.2. The maximum atomic E-state index is 12.2. The largest absolute Gasteiger partial charge is 0.360 e. The van der Waals surface area contributed by atoms with Crippen LogP contribution < -0.4 is 11.1 Å². The number of aromatic nitrogens is 1. The Hall–Kier alpha value is -1.89. The fraction of sp³-hybridized carbons (Fsp3) is 0.643. The van der Waals surface area contributed by atoms with Crippen LogP contribution in [0.15, 0.2) is 10.6 Å². The number of aryl methyl sites for hydroxylation is 1. The van der Waals surface area contributed by atoms with Gasteiger partial charge in [-0.2, -0.15) is 0 Å². The minimum atomic E-state index is -0.320. The molecule has 0 spiro atoms. The normalized spacial score (nSPS) is 12.3. The first-order valence-electron chi connectivity index (χ1n) is 7.01. The van der Waals surface area contributed by atoms with Crippen molar-refractivity contribution in [3.8, 4) is 0 Å². The standard InChI is InChI=1S/C14H24N4O3/c1-9(2)5-11(7-15)14(20)18(4)8-13(19)16-12-6-10(3)21-17-12/h6,9,11H,5,7-8,15H2,1-4H3,(H,16,17,19). The van der Waals surface area contributed by atoms with Gasteiger partial charge in [0.05, 0.1) is 12.5 Å². The van der Waals surface area contributed by atoms with E-state index in [9.17, 15) is 9.59 Å². The molecule has 1 aromatic rings. The highest BCUT2D eigenvalue weighted by molar-refractivity contribution is 5.94. The Morgan fingerprint density at radius 3 is 2.62 bits per heavy atom. The van der Waals surface area contributed by atoms with Crippen molar-refractivity contribution in [2.75, 3.05) is 25.5 Å². The number of rotatable bonds is 7. The van der Waals surface area contributed by atoms with Crippen LogP contribution in [0.3, 0.4) is 0 Å². The molecule has 0 aromatic carbocycles. The first-order valence-corrected chi connectivity index (χ1v) is 7.01. The summed E-state index contributed by atoms with van der Waals surface area (Å²) in [5, 5.41) is 6.25. The zero-order valence-electron chi connectivity index (χ0n) is 13.0. The van der Waals surface area contributed by atoms with Crippen LogP contribution >= 0.6 is 0 Å². The lowest BCUT2D eigenvalue weighted by Gasteiger charge is -2.23. The number of anilines is 1. The zero-order chi connectivity index (χ0) is 16.0. The van der Waals surface area contributed by atoms with Crippen molar-refractivity contribution in [1.82, 2.24) is 10.1 Å². The summed E-state index contributed by atoms with van der Waals surface area (Å²) < 4.78 is 4.86. The van der Waals surface area contributed by atoms with Gasteiger partial charge < -0.3 is 20.5 Å². The Morgan fingerprint density at radius 1 is 1.48 bits per heavy atom. The Balaban J connectivity index is 2.52. The van der Waals surface area contributed by atoms with Gasteiger partial charge in [-0.05, 0) is 19.3 Å². The topological polar surface area (TPSA) is 101 Å². The lowest BCUT2D eigenvalue weighted by Crippen LogP contribution is -2.41.